The molecule has 2 rings (SSSR count). The van der Waals surface area contributed by atoms with Gasteiger partial charge in [0.15, 0.2) is 0 Å². The number of hydrogen-bond donors (Lipinski definition) is 2. The van der Waals surface area contributed by atoms with Crippen LogP contribution in [0, 0.1) is 5.82 Å². The van der Waals surface area contributed by atoms with E-state index in [0.717, 1.165) is 0 Å². The maximum atomic E-state index is 14.2. The van der Waals surface area contributed by atoms with E-state index in [4.69, 9.17) is 17.3 Å². The number of anilines is 2. The summed E-state index contributed by atoms with van der Waals surface area (Å²) in [6.45, 7) is 3.79. The molecule has 0 saturated heterocycles. The first-order chi connectivity index (χ1) is 10.6. The summed E-state index contributed by atoms with van der Waals surface area (Å²) in [5, 5.41) is 3.48. The predicted molar refractivity (Wildman–Crippen MR) is 91.6 cm³/mol. The minimum absolute atomic E-state index is 0.293. The average molecular weight is 318 g/mol. The van der Waals surface area contributed by atoms with Gasteiger partial charge in [0, 0.05) is 36.0 Å². The lowest BCUT2D eigenvalue weighted by atomic mass is 9.95. The van der Waals surface area contributed by atoms with E-state index < -0.39 is 0 Å². The topological polar surface area (TPSA) is 50.9 Å². The highest BCUT2D eigenvalue weighted by molar-refractivity contribution is 6.30. The summed E-state index contributed by atoms with van der Waals surface area (Å²) in [4.78, 5) is 3.99. The largest absolute Gasteiger partial charge is 0.388 e. The van der Waals surface area contributed by atoms with Gasteiger partial charge in [0.25, 0.3) is 0 Å². The average Bonchev–Trinajstić information content (AvgIpc) is 2.52. The summed E-state index contributed by atoms with van der Waals surface area (Å²) < 4.78 is 14.2. The van der Waals surface area contributed by atoms with Crippen molar-refractivity contribution in [2.24, 2.45) is 0 Å². The zero-order valence-corrected chi connectivity index (χ0v) is 12.9. The smallest absolute Gasteiger partial charge is 0.130 e. The van der Waals surface area contributed by atoms with Crippen molar-refractivity contribution >= 4 is 29.2 Å². The zero-order chi connectivity index (χ0) is 16.1. The van der Waals surface area contributed by atoms with Gasteiger partial charge in [-0.25, -0.2) is 9.37 Å². The fourth-order valence-electron chi connectivity index (χ4n) is 2.19. The Morgan fingerprint density at radius 1 is 1.45 bits per heavy atom. The van der Waals surface area contributed by atoms with Gasteiger partial charge in [0.05, 0.1) is 5.02 Å². The zero-order valence-electron chi connectivity index (χ0n) is 12.2. The number of halogens is 2. The van der Waals surface area contributed by atoms with Gasteiger partial charge in [-0.05, 0) is 18.2 Å². The number of nitrogens with zero attached hydrogens (tertiary/aromatic N) is 1. The molecule has 2 aromatic rings. The summed E-state index contributed by atoms with van der Waals surface area (Å²) in [7, 11) is 1.75. The van der Waals surface area contributed by atoms with Crippen LogP contribution in [0.25, 0.3) is 6.08 Å². The van der Waals surface area contributed by atoms with Gasteiger partial charge in [-0.1, -0.05) is 35.9 Å². The van der Waals surface area contributed by atoms with E-state index in [0.29, 0.717) is 27.7 Å². The fourth-order valence-corrected chi connectivity index (χ4v) is 2.36. The van der Waals surface area contributed by atoms with E-state index in [1.165, 1.54) is 12.3 Å². The van der Waals surface area contributed by atoms with E-state index in [-0.39, 0.29) is 11.7 Å². The van der Waals surface area contributed by atoms with Crippen molar-refractivity contribution in [3.63, 3.8) is 0 Å². The quantitative estimate of drug-likeness (QED) is 0.799. The van der Waals surface area contributed by atoms with Crippen molar-refractivity contribution in [3.8, 4) is 0 Å². The molecule has 0 bridgehead atoms. The van der Waals surface area contributed by atoms with Crippen molar-refractivity contribution < 1.29 is 4.39 Å². The minimum Gasteiger partial charge on any atom is -0.388 e. The van der Waals surface area contributed by atoms with E-state index >= 15 is 0 Å². The van der Waals surface area contributed by atoms with Crippen LogP contribution in [0.4, 0.5) is 15.9 Å². The first kappa shape index (κ1) is 16.0. The van der Waals surface area contributed by atoms with E-state index in [1.807, 2.05) is 12.1 Å². The molecular weight excluding hydrogens is 301 g/mol. The first-order valence-corrected chi connectivity index (χ1v) is 7.12. The summed E-state index contributed by atoms with van der Waals surface area (Å²) in [5.41, 5.74) is 7.74. The number of nitrogen functional groups attached to an aromatic ring is 1. The Hall–Kier alpha value is -2.33. The molecule has 1 aromatic carbocycles. The van der Waals surface area contributed by atoms with E-state index in [2.05, 4.69) is 16.9 Å². The van der Waals surface area contributed by atoms with Crippen LogP contribution in [0.2, 0.25) is 5.02 Å². The second-order valence-electron chi connectivity index (χ2n) is 4.70. The third kappa shape index (κ3) is 3.46. The molecule has 0 amide bonds. The van der Waals surface area contributed by atoms with E-state index in [9.17, 15) is 4.39 Å². The number of nitrogens with one attached hydrogen (secondary N) is 1. The van der Waals surface area contributed by atoms with Crippen LogP contribution in [-0.2, 0) is 0 Å². The SMILES string of the molecule is C=CC(/C=C/c1cc(Cl)cnc1N)c1c(F)cccc1NC. The lowest BCUT2D eigenvalue weighted by molar-refractivity contribution is 0.611. The van der Waals surface area contributed by atoms with Crippen LogP contribution < -0.4 is 11.1 Å². The Morgan fingerprint density at radius 2 is 2.23 bits per heavy atom. The number of nitrogens with two attached hydrogens (primary N) is 1. The molecule has 3 N–H and O–H groups in total. The Bertz CT molecular complexity index is 713. The second kappa shape index (κ2) is 7.09. The van der Waals surface area contributed by atoms with Gasteiger partial charge in [-0.15, -0.1) is 6.58 Å². The van der Waals surface area contributed by atoms with Crippen molar-refractivity contribution in [1.82, 2.24) is 4.98 Å². The highest BCUT2D eigenvalue weighted by Gasteiger charge is 2.14. The fraction of sp³-hybridized carbons (Fsp3) is 0.118. The van der Waals surface area contributed by atoms with Gasteiger partial charge < -0.3 is 11.1 Å². The summed E-state index contributed by atoms with van der Waals surface area (Å²) in [5.74, 6) is -0.230. The third-order valence-electron chi connectivity index (χ3n) is 3.31. The van der Waals surface area contributed by atoms with Crippen LogP contribution in [0.15, 0.2) is 49.2 Å². The van der Waals surface area contributed by atoms with Gasteiger partial charge in [0.1, 0.15) is 11.6 Å². The van der Waals surface area contributed by atoms with Crippen LogP contribution in [-0.4, -0.2) is 12.0 Å². The Labute approximate surface area is 134 Å². The lowest BCUT2D eigenvalue weighted by Crippen LogP contribution is -2.02. The lowest BCUT2D eigenvalue weighted by Gasteiger charge is -2.15. The van der Waals surface area contributed by atoms with Crippen LogP contribution in [0.1, 0.15) is 17.0 Å². The molecule has 5 heteroatoms. The highest BCUT2D eigenvalue weighted by Crippen LogP contribution is 2.30. The van der Waals surface area contributed by atoms with Gasteiger partial charge in [-0.3, -0.25) is 0 Å². The molecule has 0 saturated carbocycles. The molecule has 0 fully saturated rings. The molecule has 22 heavy (non-hydrogen) atoms. The Morgan fingerprint density at radius 3 is 2.91 bits per heavy atom. The number of hydrogen-bond acceptors (Lipinski definition) is 3. The normalized spacial score (nSPS) is 12.3. The molecule has 0 aliphatic rings. The van der Waals surface area contributed by atoms with Crippen LogP contribution in [0.3, 0.4) is 0 Å². The first-order valence-electron chi connectivity index (χ1n) is 6.74. The van der Waals surface area contributed by atoms with Gasteiger partial charge in [-0.2, -0.15) is 0 Å². The summed E-state index contributed by atoms with van der Waals surface area (Å²) >= 11 is 5.91. The van der Waals surface area contributed by atoms with Crippen molar-refractivity contribution in [2.75, 3.05) is 18.1 Å². The maximum absolute atomic E-state index is 14.2. The molecule has 0 spiro atoms. The van der Waals surface area contributed by atoms with Crippen molar-refractivity contribution in [1.29, 1.82) is 0 Å². The summed E-state index contributed by atoms with van der Waals surface area (Å²) in [6.07, 6.45) is 6.74. The molecular formula is C17H17ClFN3. The highest BCUT2D eigenvalue weighted by atomic mass is 35.5. The van der Waals surface area contributed by atoms with Gasteiger partial charge in [0.2, 0.25) is 0 Å². The maximum Gasteiger partial charge on any atom is 0.130 e. The van der Waals surface area contributed by atoms with Crippen molar-refractivity contribution in [2.45, 2.75) is 5.92 Å². The van der Waals surface area contributed by atoms with Crippen LogP contribution >= 0.6 is 11.6 Å². The number of allylic oxidation sites excluding steroid dienone is 2. The molecule has 0 aliphatic carbocycles. The number of benzene rings is 1. The summed E-state index contributed by atoms with van der Waals surface area (Å²) in [6, 6.07) is 6.61. The van der Waals surface area contributed by atoms with E-state index in [1.54, 1.807) is 31.3 Å². The molecule has 0 aliphatic heterocycles. The van der Waals surface area contributed by atoms with Crippen molar-refractivity contribution in [3.05, 3.63) is 71.2 Å². The predicted octanol–water partition coefficient (Wildman–Crippen LogP) is 4.48. The molecule has 1 atom stereocenters. The molecule has 3 nitrogen and oxygen atoms in total. The number of rotatable bonds is 5. The third-order valence-corrected chi connectivity index (χ3v) is 3.52. The molecule has 1 unspecified atom stereocenters. The Kier molecular flexibility index (Phi) is 5.17. The van der Waals surface area contributed by atoms with Crippen LogP contribution in [0.5, 0.6) is 0 Å². The molecule has 114 valence electrons. The number of pyridine rings is 1. The molecule has 1 heterocycles. The minimum atomic E-state index is -0.304. The Balaban J connectivity index is 2.40. The molecule has 0 radical (unpaired) electrons. The molecule has 1 aromatic heterocycles. The van der Waals surface area contributed by atoms with Gasteiger partial charge >= 0.3 is 0 Å². The monoisotopic (exact) mass is 317 g/mol. The number of aromatic nitrogens is 1. The second-order valence-corrected chi connectivity index (χ2v) is 5.14. The standard InChI is InChI=1S/C17H17ClFN3/c1-3-11(16-14(19)5-4-6-15(16)21-2)7-8-12-9-13(18)10-22-17(12)20/h3-11,21H,1H2,2H3,(H2,20,22)/b8-7+.